The molecule has 0 heterocycles. The van der Waals surface area contributed by atoms with Gasteiger partial charge >= 0.3 is 0 Å². The van der Waals surface area contributed by atoms with E-state index in [1.165, 1.54) is 0 Å². The van der Waals surface area contributed by atoms with Gasteiger partial charge in [-0.15, -0.1) is 0 Å². The average molecular weight is 210 g/mol. The zero-order valence-corrected chi connectivity index (χ0v) is 8.51. The molecule has 6 nitrogen and oxygen atoms in total. The highest BCUT2D eigenvalue weighted by molar-refractivity contribution is 5.40. The van der Waals surface area contributed by atoms with Crippen LogP contribution in [0.15, 0.2) is 33.7 Å². The van der Waals surface area contributed by atoms with E-state index in [1.54, 1.807) is 13.1 Å². The number of nitrogens with zero attached hydrogens (tertiary/aromatic N) is 2. The number of likely N-dealkylation sites (N-methyl/N-ethyl adjacent to an activating group) is 1. The quantitative estimate of drug-likeness (QED) is 0.638. The lowest BCUT2D eigenvalue weighted by molar-refractivity contribution is 0.586. The van der Waals surface area contributed by atoms with Crippen LogP contribution in [0.5, 0.6) is 0 Å². The largest absolute Gasteiger partial charge is 0.323 e. The molecule has 0 fully saturated rings. The number of nitrogens with two attached hydrogens (primary N) is 1. The van der Waals surface area contributed by atoms with E-state index in [4.69, 9.17) is 5.73 Å². The molecule has 0 aromatic rings. The number of nitrogens with one attached hydrogen (secondary N) is 1. The Morgan fingerprint density at radius 1 is 1.27 bits per heavy atom. The van der Waals surface area contributed by atoms with Crippen molar-refractivity contribution in [1.82, 2.24) is 5.32 Å². The number of hydrogen-bond donors (Lipinski definition) is 2. The first kappa shape index (κ1) is 11.7. The second-order valence-electron chi connectivity index (χ2n) is 3.35. The van der Waals surface area contributed by atoms with Crippen LogP contribution in [-0.2, 0) is 0 Å². The molecule has 0 aromatic heterocycles. The van der Waals surface area contributed by atoms with Gasteiger partial charge in [-0.1, -0.05) is 22.5 Å². The monoisotopic (exact) mass is 210 g/mol. The lowest BCUT2D eigenvalue weighted by Gasteiger charge is -2.24. The number of rotatable bonds is 5. The van der Waals surface area contributed by atoms with E-state index in [9.17, 15) is 9.81 Å². The molecule has 82 valence electrons. The van der Waals surface area contributed by atoms with Crippen LogP contribution in [0, 0.1) is 9.81 Å². The topological polar surface area (TPSA) is 96.9 Å². The highest BCUT2D eigenvalue weighted by Crippen LogP contribution is 2.19. The van der Waals surface area contributed by atoms with Crippen LogP contribution < -0.4 is 11.1 Å². The van der Waals surface area contributed by atoms with Gasteiger partial charge in [0.2, 0.25) is 0 Å². The minimum absolute atomic E-state index is 0.0304. The van der Waals surface area contributed by atoms with Gasteiger partial charge in [0.25, 0.3) is 0 Å². The number of nitroso groups, excluding NO2 is 2. The van der Waals surface area contributed by atoms with Gasteiger partial charge in [0.1, 0.15) is 13.1 Å². The summed E-state index contributed by atoms with van der Waals surface area (Å²) in [6.07, 6.45) is 3.58. The summed E-state index contributed by atoms with van der Waals surface area (Å²) in [5.41, 5.74) is 7.26. The Balaban J connectivity index is 2.89. The molecule has 0 aliphatic heterocycles. The van der Waals surface area contributed by atoms with Crippen molar-refractivity contribution in [3.05, 3.63) is 33.1 Å². The molecule has 2 atom stereocenters. The highest BCUT2D eigenvalue weighted by Gasteiger charge is 2.20. The fourth-order valence-electron chi connectivity index (χ4n) is 1.60. The van der Waals surface area contributed by atoms with E-state index in [2.05, 4.69) is 15.7 Å². The maximum atomic E-state index is 10.2. The van der Waals surface area contributed by atoms with E-state index in [0.29, 0.717) is 5.57 Å². The van der Waals surface area contributed by atoms with E-state index >= 15 is 0 Å². The van der Waals surface area contributed by atoms with Crippen molar-refractivity contribution in [1.29, 1.82) is 0 Å². The van der Waals surface area contributed by atoms with Crippen molar-refractivity contribution < 1.29 is 0 Å². The summed E-state index contributed by atoms with van der Waals surface area (Å²) in [7, 11) is 1.78. The fraction of sp³-hybridized carbons (Fsp3) is 0.556. The first-order valence-electron chi connectivity index (χ1n) is 4.65. The molecule has 0 amide bonds. The number of hydrogen-bond acceptors (Lipinski definition) is 6. The fourth-order valence-corrected chi connectivity index (χ4v) is 1.60. The molecule has 15 heavy (non-hydrogen) atoms. The van der Waals surface area contributed by atoms with Crippen LogP contribution in [0.4, 0.5) is 0 Å². The van der Waals surface area contributed by atoms with Crippen molar-refractivity contribution in [2.24, 2.45) is 16.1 Å². The molecule has 0 spiro atoms. The summed E-state index contributed by atoms with van der Waals surface area (Å²) in [4.78, 5) is 20.4. The molecule has 2 unspecified atom stereocenters. The van der Waals surface area contributed by atoms with Gasteiger partial charge in [-0.25, -0.2) is 0 Å². The Bertz CT molecular complexity index is 311. The van der Waals surface area contributed by atoms with Gasteiger partial charge in [0.05, 0.1) is 0 Å². The third-order valence-corrected chi connectivity index (χ3v) is 2.40. The molecule has 0 saturated heterocycles. The van der Waals surface area contributed by atoms with Crippen LogP contribution in [0.25, 0.3) is 0 Å². The lowest BCUT2D eigenvalue weighted by Crippen LogP contribution is -2.43. The summed E-state index contributed by atoms with van der Waals surface area (Å²) >= 11 is 0. The zero-order valence-electron chi connectivity index (χ0n) is 8.51. The first-order valence-corrected chi connectivity index (χ1v) is 4.65. The highest BCUT2D eigenvalue weighted by atomic mass is 16.3. The second-order valence-corrected chi connectivity index (χ2v) is 3.35. The molecule has 0 saturated carbocycles. The maximum Gasteiger partial charge on any atom is 0.106 e. The van der Waals surface area contributed by atoms with Crippen molar-refractivity contribution in [3.63, 3.8) is 0 Å². The summed E-state index contributed by atoms with van der Waals surface area (Å²) in [6, 6.07) is -0.237. The third kappa shape index (κ3) is 2.77. The Morgan fingerprint density at radius 3 is 2.27 bits per heavy atom. The molecular formula is C9H14N4O2. The lowest BCUT2D eigenvalue weighted by atomic mass is 9.92. The molecule has 0 aromatic carbocycles. The predicted octanol–water partition coefficient (Wildman–Crippen LogP) is 0.301. The van der Waals surface area contributed by atoms with Crippen molar-refractivity contribution in [2.45, 2.75) is 12.1 Å². The van der Waals surface area contributed by atoms with Crippen LogP contribution in [0.2, 0.25) is 0 Å². The Hall–Kier alpha value is -1.40. The summed E-state index contributed by atoms with van der Waals surface area (Å²) in [5.74, 6) is 0. The van der Waals surface area contributed by atoms with Gasteiger partial charge in [-0.3, -0.25) is 0 Å². The summed E-state index contributed by atoms with van der Waals surface area (Å²) < 4.78 is 0. The SMILES string of the molecule is CNC1C=C(CN=O)C(CN=O)=CC1N. The molecule has 0 bridgehead atoms. The van der Waals surface area contributed by atoms with Crippen LogP contribution in [-0.4, -0.2) is 32.2 Å². The van der Waals surface area contributed by atoms with E-state index in [-0.39, 0.29) is 25.2 Å². The van der Waals surface area contributed by atoms with Gasteiger partial charge < -0.3 is 11.1 Å². The molecule has 1 rings (SSSR count). The van der Waals surface area contributed by atoms with Gasteiger partial charge in [-0.05, 0) is 18.2 Å². The van der Waals surface area contributed by atoms with Crippen molar-refractivity contribution in [2.75, 3.05) is 20.1 Å². The normalized spacial score (nSPS) is 25.5. The molecule has 3 N–H and O–H groups in total. The minimum Gasteiger partial charge on any atom is -0.323 e. The Labute approximate surface area is 87.6 Å². The molecule has 6 heteroatoms. The minimum atomic E-state index is -0.206. The third-order valence-electron chi connectivity index (χ3n) is 2.40. The Kier molecular flexibility index (Phi) is 4.26. The average Bonchev–Trinajstić information content (AvgIpc) is 2.22. The molecule has 1 aliphatic rings. The summed E-state index contributed by atoms with van der Waals surface area (Å²) in [5, 5.41) is 8.62. The predicted molar refractivity (Wildman–Crippen MR) is 58.3 cm³/mol. The van der Waals surface area contributed by atoms with E-state index < -0.39 is 0 Å². The first-order chi connectivity index (χ1) is 7.22. The standard InChI is InChI=1S/C9H14N4O2/c1-11-9-3-7(5-13-15)6(4-12-14)2-8(9)10/h2-3,8-9,11H,4-5,10H2,1H3. The van der Waals surface area contributed by atoms with E-state index in [0.717, 1.165) is 5.57 Å². The maximum absolute atomic E-state index is 10.2. The van der Waals surface area contributed by atoms with Gasteiger partial charge in [-0.2, -0.15) is 9.81 Å². The second kappa shape index (κ2) is 5.47. The van der Waals surface area contributed by atoms with Crippen LogP contribution in [0.3, 0.4) is 0 Å². The van der Waals surface area contributed by atoms with Gasteiger partial charge in [0.15, 0.2) is 0 Å². The smallest absolute Gasteiger partial charge is 0.106 e. The van der Waals surface area contributed by atoms with Crippen LogP contribution in [0.1, 0.15) is 0 Å². The van der Waals surface area contributed by atoms with Crippen molar-refractivity contribution >= 4 is 0 Å². The van der Waals surface area contributed by atoms with Crippen molar-refractivity contribution in [3.8, 4) is 0 Å². The summed E-state index contributed by atoms with van der Waals surface area (Å²) in [6.45, 7) is 0.0811. The molecule has 0 radical (unpaired) electrons. The molecule has 1 aliphatic carbocycles. The molecular weight excluding hydrogens is 196 g/mol. The van der Waals surface area contributed by atoms with Gasteiger partial charge in [0, 0.05) is 12.1 Å². The Morgan fingerprint density at radius 2 is 1.80 bits per heavy atom. The van der Waals surface area contributed by atoms with Crippen LogP contribution >= 0.6 is 0 Å². The van der Waals surface area contributed by atoms with E-state index in [1.807, 2.05) is 6.08 Å². The zero-order chi connectivity index (χ0) is 11.3.